The number of para-hydroxylation sites is 3. The average molecular weight is 593 g/mol. The van der Waals surface area contributed by atoms with E-state index >= 15 is 0 Å². The smallest absolute Gasteiger partial charge is 0.0661 e. The Labute approximate surface area is 265 Å². The Hall–Kier alpha value is -5.64. The molecular weight excluding hydrogens is 565 g/mol. The SMILES string of the molecule is c1ccc(-c2ccc(N(c3ccccc3)c3cc(-n4c5ccccc5c5ccccc54)cc4c3sc3ccccc34)cc2)cc1. The molecule has 0 aliphatic rings. The van der Waals surface area contributed by atoms with Crippen LogP contribution in [-0.2, 0) is 0 Å². The van der Waals surface area contributed by atoms with Gasteiger partial charge < -0.3 is 9.47 Å². The minimum Gasteiger partial charge on any atom is -0.309 e. The summed E-state index contributed by atoms with van der Waals surface area (Å²) in [6, 6.07) is 61.4. The molecule has 0 fully saturated rings. The second kappa shape index (κ2) is 10.5. The lowest BCUT2D eigenvalue weighted by molar-refractivity contribution is 1.18. The maximum Gasteiger partial charge on any atom is 0.0661 e. The van der Waals surface area contributed by atoms with Crippen molar-refractivity contribution in [2.75, 3.05) is 4.90 Å². The van der Waals surface area contributed by atoms with Gasteiger partial charge in [-0.3, -0.25) is 0 Å². The third-order valence-corrected chi connectivity index (χ3v) is 9.98. The summed E-state index contributed by atoms with van der Waals surface area (Å²) in [5.74, 6) is 0. The van der Waals surface area contributed by atoms with Crippen molar-refractivity contribution in [2.24, 2.45) is 0 Å². The molecule has 0 N–H and O–H groups in total. The number of anilines is 3. The summed E-state index contributed by atoms with van der Waals surface area (Å²) in [4.78, 5) is 2.42. The van der Waals surface area contributed by atoms with Crippen LogP contribution in [0, 0.1) is 0 Å². The van der Waals surface area contributed by atoms with Gasteiger partial charge >= 0.3 is 0 Å². The second-order valence-corrected chi connectivity index (χ2v) is 12.4. The summed E-state index contributed by atoms with van der Waals surface area (Å²) in [5.41, 5.74) is 9.42. The van der Waals surface area contributed by atoms with E-state index in [2.05, 4.69) is 179 Å². The molecule has 0 aliphatic carbocycles. The van der Waals surface area contributed by atoms with Crippen LogP contribution in [0.1, 0.15) is 0 Å². The third kappa shape index (κ3) is 4.24. The van der Waals surface area contributed by atoms with Crippen molar-refractivity contribution >= 4 is 70.4 Å². The van der Waals surface area contributed by atoms with Gasteiger partial charge in [0.2, 0.25) is 0 Å². The molecule has 0 unspecified atom stereocenters. The minimum atomic E-state index is 1.12. The maximum absolute atomic E-state index is 2.43. The molecule has 0 amide bonds. The van der Waals surface area contributed by atoms with E-state index in [1.54, 1.807) is 0 Å². The van der Waals surface area contributed by atoms with E-state index in [1.807, 2.05) is 11.3 Å². The zero-order valence-electron chi connectivity index (χ0n) is 24.5. The lowest BCUT2D eigenvalue weighted by Gasteiger charge is -2.27. The largest absolute Gasteiger partial charge is 0.309 e. The van der Waals surface area contributed by atoms with Gasteiger partial charge in [0.05, 0.1) is 21.4 Å². The van der Waals surface area contributed by atoms with E-state index in [0.29, 0.717) is 0 Å². The molecule has 2 nitrogen and oxygen atoms in total. The summed E-state index contributed by atoms with van der Waals surface area (Å²) < 4.78 is 5.00. The predicted octanol–water partition coefficient (Wildman–Crippen LogP) is 12.3. The molecule has 0 spiro atoms. The van der Waals surface area contributed by atoms with Crippen LogP contribution in [0.3, 0.4) is 0 Å². The van der Waals surface area contributed by atoms with Gasteiger partial charge in [-0.15, -0.1) is 11.3 Å². The van der Waals surface area contributed by atoms with Gasteiger partial charge in [0, 0.05) is 43.3 Å². The number of aromatic nitrogens is 1. The molecule has 0 saturated carbocycles. The van der Waals surface area contributed by atoms with Crippen molar-refractivity contribution in [1.82, 2.24) is 4.57 Å². The number of hydrogen-bond acceptors (Lipinski definition) is 2. The van der Waals surface area contributed by atoms with Crippen molar-refractivity contribution < 1.29 is 0 Å². The molecule has 0 saturated heterocycles. The van der Waals surface area contributed by atoms with Crippen molar-refractivity contribution in [2.45, 2.75) is 0 Å². The number of rotatable bonds is 5. The molecule has 9 rings (SSSR count). The Kier molecular flexibility index (Phi) is 6.03. The van der Waals surface area contributed by atoms with Crippen LogP contribution >= 0.6 is 11.3 Å². The molecule has 2 heterocycles. The highest BCUT2D eigenvalue weighted by molar-refractivity contribution is 7.26. The molecule has 212 valence electrons. The van der Waals surface area contributed by atoms with Crippen LogP contribution in [0.2, 0.25) is 0 Å². The van der Waals surface area contributed by atoms with E-state index in [1.165, 1.54) is 58.8 Å². The standard InChI is InChI=1S/C42H28N2S/c1-3-13-29(14-4-1)30-23-25-32(26-24-30)43(31-15-5-2-6-16-31)40-28-33(27-37-36-19-9-12-22-41(36)45-42(37)40)44-38-20-10-7-17-34(38)35-18-8-11-21-39(35)44/h1-28H. The number of thiophene rings is 1. The molecule has 2 aromatic heterocycles. The van der Waals surface area contributed by atoms with E-state index in [0.717, 1.165) is 17.1 Å². The fraction of sp³-hybridized carbons (Fsp3) is 0. The van der Waals surface area contributed by atoms with Gasteiger partial charge in [-0.25, -0.2) is 0 Å². The maximum atomic E-state index is 2.43. The van der Waals surface area contributed by atoms with Crippen molar-refractivity contribution in [3.63, 3.8) is 0 Å². The number of benzene rings is 7. The van der Waals surface area contributed by atoms with Crippen molar-refractivity contribution in [3.05, 3.63) is 170 Å². The minimum absolute atomic E-state index is 1.12. The summed E-state index contributed by atoms with van der Waals surface area (Å²) in [7, 11) is 0. The zero-order valence-corrected chi connectivity index (χ0v) is 25.3. The first-order valence-corrected chi connectivity index (χ1v) is 16.1. The first-order chi connectivity index (χ1) is 22.3. The Morgan fingerprint density at radius 1 is 0.422 bits per heavy atom. The van der Waals surface area contributed by atoms with Crippen LogP contribution in [0.4, 0.5) is 17.1 Å². The Morgan fingerprint density at radius 3 is 1.64 bits per heavy atom. The molecule has 0 bridgehead atoms. The summed E-state index contributed by atoms with van der Waals surface area (Å²) in [6.45, 7) is 0. The van der Waals surface area contributed by atoms with E-state index < -0.39 is 0 Å². The van der Waals surface area contributed by atoms with Gasteiger partial charge in [0.1, 0.15) is 0 Å². The number of nitrogens with zero attached hydrogens (tertiary/aromatic N) is 2. The van der Waals surface area contributed by atoms with Crippen molar-refractivity contribution in [3.8, 4) is 16.8 Å². The molecule has 9 aromatic rings. The molecule has 45 heavy (non-hydrogen) atoms. The second-order valence-electron chi connectivity index (χ2n) is 11.4. The van der Waals surface area contributed by atoms with Crippen LogP contribution in [0.15, 0.2) is 170 Å². The quantitative estimate of drug-likeness (QED) is 0.193. The molecular formula is C42H28N2S. The molecule has 0 radical (unpaired) electrons. The lowest BCUT2D eigenvalue weighted by atomic mass is 10.0. The predicted molar refractivity (Wildman–Crippen MR) is 194 cm³/mol. The fourth-order valence-corrected chi connectivity index (χ4v) is 7.92. The fourth-order valence-electron chi connectivity index (χ4n) is 6.73. The zero-order chi connectivity index (χ0) is 29.7. The van der Waals surface area contributed by atoms with Gasteiger partial charge in [0.15, 0.2) is 0 Å². The van der Waals surface area contributed by atoms with E-state index in [-0.39, 0.29) is 0 Å². The molecule has 7 aromatic carbocycles. The molecule has 3 heteroatoms. The third-order valence-electron chi connectivity index (χ3n) is 8.77. The Balaban J connectivity index is 1.35. The van der Waals surface area contributed by atoms with Crippen LogP contribution < -0.4 is 4.90 Å². The van der Waals surface area contributed by atoms with E-state index in [9.17, 15) is 0 Å². The van der Waals surface area contributed by atoms with Crippen molar-refractivity contribution in [1.29, 1.82) is 0 Å². The van der Waals surface area contributed by atoms with Crippen LogP contribution in [0.25, 0.3) is 58.8 Å². The number of hydrogen-bond donors (Lipinski definition) is 0. The summed E-state index contributed by atoms with van der Waals surface area (Å²) in [5, 5.41) is 5.09. The highest BCUT2D eigenvalue weighted by Crippen LogP contribution is 2.47. The van der Waals surface area contributed by atoms with Gasteiger partial charge in [-0.2, -0.15) is 0 Å². The Bertz CT molecular complexity index is 2420. The van der Waals surface area contributed by atoms with Crippen LogP contribution in [-0.4, -0.2) is 4.57 Å². The lowest BCUT2D eigenvalue weighted by Crippen LogP contribution is -2.10. The summed E-state index contributed by atoms with van der Waals surface area (Å²) in [6.07, 6.45) is 0. The first kappa shape index (κ1) is 25.8. The Morgan fingerprint density at radius 2 is 0.956 bits per heavy atom. The monoisotopic (exact) mass is 592 g/mol. The topological polar surface area (TPSA) is 8.17 Å². The van der Waals surface area contributed by atoms with Gasteiger partial charge in [0.25, 0.3) is 0 Å². The molecule has 0 atom stereocenters. The number of fused-ring (bicyclic) bond motifs is 6. The van der Waals surface area contributed by atoms with Crippen LogP contribution in [0.5, 0.6) is 0 Å². The molecule has 0 aliphatic heterocycles. The van der Waals surface area contributed by atoms with Gasteiger partial charge in [-0.1, -0.05) is 115 Å². The van der Waals surface area contributed by atoms with Gasteiger partial charge in [-0.05, 0) is 65.7 Å². The summed E-state index contributed by atoms with van der Waals surface area (Å²) >= 11 is 1.87. The average Bonchev–Trinajstić information content (AvgIpc) is 3.66. The highest BCUT2D eigenvalue weighted by atomic mass is 32.1. The van der Waals surface area contributed by atoms with E-state index in [4.69, 9.17) is 0 Å². The normalized spacial score (nSPS) is 11.6. The highest BCUT2D eigenvalue weighted by Gasteiger charge is 2.21. The first-order valence-electron chi connectivity index (χ1n) is 15.3.